The first-order valence-corrected chi connectivity index (χ1v) is 9.58. The topological polar surface area (TPSA) is 84.9 Å². The maximum atomic E-state index is 12.8. The zero-order valence-corrected chi connectivity index (χ0v) is 16.6. The molecule has 0 saturated heterocycles. The average Bonchev–Trinajstić information content (AvgIpc) is 2.66. The summed E-state index contributed by atoms with van der Waals surface area (Å²) in [5.74, 6) is -0.275. The van der Waals surface area contributed by atoms with Crippen LogP contribution >= 0.6 is 0 Å². The second-order valence-corrected chi connectivity index (χ2v) is 7.95. The molecule has 0 aliphatic carbocycles. The summed E-state index contributed by atoms with van der Waals surface area (Å²) in [6.45, 7) is -0.604. The van der Waals surface area contributed by atoms with E-state index < -0.39 is 34.2 Å². The minimum absolute atomic E-state index is 0.0956. The van der Waals surface area contributed by atoms with Crippen LogP contribution in [0.25, 0.3) is 0 Å². The lowest BCUT2D eigenvalue weighted by molar-refractivity contribution is -0.137. The number of nitrogens with one attached hydrogen (secondary N) is 1. The highest BCUT2D eigenvalue weighted by Gasteiger charge is 2.30. The van der Waals surface area contributed by atoms with Crippen LogP contribution in [-0.4, -0.2) is 46.4 Å². The molecule has 158 valence electrons. The van der Waals surface area contributed by atoms with Crippen molar-refractivity contribution in [2.24, 2.45) is 0 Å². The van der Waals surface area contributed by atoms with Crippen molar-refractivity contribution < 1.29 is 35.9 Å². The van der Waals surface area contributed by atoms with Gasteiger partial charge in [-0.1, -0.05) is 6.07 Å². The normalized spacial score (nSPS) is 12.0. The Balaban J connectivity index is 2.14. The van der Waals surface area contributed by atoms with Gasteiger partial charge in [-0.2, -0.15) is 17.5 Å². The molecule has 0 aliphatic heterocycles. The number of sulfonamides is 1. The Morgan fingerprint density at radius 2 is 1.72 bits per heavy atom. The van der Waals surface area contributed by atoms with E-state index in [1.807, 2.05) is 0 Å². The van der Waals surface area contributed by atoms with Crippen LogP contribution < -0.4 is 14.8 Å². The molecule has 7 nitrogen and oxygen atoms in total. The van der Waals surface area contributed by atoms with E-state index in [0.717, 1.165) is 22.5 Å². The Labute approximate surface area is 166 Å². The molecule has 2 aromatic rings. The van der Waals surface area contributed by atoms with Crippen molar-refractivity contribution in [3.8, 4) is 11.5 Å². The largest absolute Gasteiger partial charge is 0.493 e. The molecule has 0 atom stereocenters. The molecule has 2 aromatic carbocycles. The van der Waals surface area contributed by atoms with Gasteiger partial charge in [0.05, 0.1) is 31.2 Å². The van der Waals surface area contributed by atoms with Gasteiger partial charge >= 0.3 is 6.18 Å². The van der Waals surface area contributed by atoms with Gasteiger partial charge in [-0.25, -0.2) is 8.42 Å². The monoisotopic (exact) mass is 432 g/mol. The van der Waals surface area contributed by atoms with Crippen LogP contribution in [0.5, 0.6) is 11.5 Å². The van der Waals surface area contributed by atoms with Crippen molar-refractivity contribution in [1.82, 2.24) is 4.31 Å². The summed E-state index contributed by atoms with van der Waals surface area (Å²) in [5.41, 5.74) is -1.02. The number of halogens is 3. The van der Waals surface area contributed by atoms with Crippen LogP contribution in [0.15, 0.2) is 47.4 Å². The molecule has 11 heteroatoms. The lowest BCUT2D eigenvalue weighted by Crippen LogP contribution is -2.35. The van der Waals surface area contributed by atoms with Crippen molar-refractivity contribution in [3.63, 3.8) is 0 Å². The van der Waals surface area contributed by atoms with Gasteiger partial charge in [0.15, 0.2) is 11.5 Å². The van der Waals surface area contributed by atoms with Gasteiger partial charge in [0, 0.05) is 18.8 Å². The molecule has 0 saturated carbocycles. The van der Waals surface area contributed by atoms with Crippen LogP contribution in [0.2, 0.25) is 0 Å². The number of likely N-dealkylation sites (N-methyl/N-ethyl adjacent to an activating group) is 1. The molecule has 1 amide bonds. The molecule has 0 aliphatic rings. The third kappa shape index (κ3) is 5.39. The predicted molar refractivity (Wildman–Crippen MR) is 99.4 cm³/mol. The number of alkyl halides is 3. The maximum Gasteiger partial charge on any atom is 0.416 e. The summed E-state index contributed by atoms with van der Waals surface area (Å²) in [7, 11) is -0.133. The van der Waals surface area contributed by atoms with E-state index in [0.29, 0.717) is 5.75 Å². The van der Waals surface area contributed by atoms with Crippen molar-refractivity contribution in [2.45, 2.75) is 11.1 Å². The van der Waals surface area contributed by atoms with E-state index in [4.69, 9.17) is 9.47 Å². The number of ether oxygens (including phenoxy) is 2. The van der Waals surface area contributed by atoms with E-state index in [1.165, 1.54) is 45.5 Å². The Morgan fingerprint density at radius 1 is 1.07 bits per heavy atom. The average molecular weight is 432 g/mol. The number of carbonyl (C=O) groups excluding carboxylic acids is 1. The minimum atomic E-state index is -4.56. The SMILES string of the molecule is COc1ccc(S(=O)(=O)N(C)CC(=O)Nc2cccc(C(F)(F)F)c2)cc1OC. The predicted octanol–water partition coefficient (Wildman–Crippen LogP) is 2.98. The van der Waals surface area contributed by atoms with Crippen molar-refractivity contribution in [3.05, 3.63) is 48.0 Å². The summed E-state index contributed by atoms with van der Waals surface area (Å²) < 4.78 is 74.5. The Bertz CT molecular complexity index is 993. The van der Waals surface area contributed by atoms with E-state index >= 15 is 0 Å². The molecule has 2 rings (SSSR count). The summed E-state index contributed by atoms with van der Waals surface area (Å²) in [6, 6.07) is 7.98. The molecular weight excluding hydrogens is 413 g/mol. The highest BCUT2D eigenvalue weighted by molar-refractivity contribution is 7.89. The standard InChI is InChI=1S/C18H19F3N2O5S/c1-23(29(25,26)14-7-8-15(27-2)16(10-14)28-3)11-17(24)22-13-6-4-5-12(9-13)18(19,20)21/h4-10H,11H2,1-3H3,(H,22,24). The zero-order valence-electron chi connectivity index (χ0n) is 15.8. The number of methoxy groups -OCH3 is 2. The summed E-state index contributed by atoms with van der Waals surface area (Å²) in [5, 5.41) is 2.26. The smallest absolute Gasteiger partial charge is 0.416 e. The Morgan fingerprint density at radius 3 is 2.31 bits per heavy atom. The first-order valence-electron chi connectivity index (χ1n) is 8.14. The summed E-state index contributed by atoms with van der Waals surface area (Å²) in [6.07, 6.45) is -4.56. The van der Waals surface area contributed by atoms with Crippen LogP contribution in [0, 0.1) is 0 Å². The number of anilines is 1. The third-order valence-corrected chi connectivity index (χ3v) is 5.70. The van der Waals surface area contributed by atoms with Crippen LogP contribution in [0.3, 0.4) is 0 Å². The van der Waals surface area contributed by atoms with E-state index in [9.17, 15) is 26.4 Å². The maximum absolute atomic E-state index is 12.8. The van der Waals surface area contributed by atoms with Crippen LogP contribution in [-0.2, 0) is 21.0 Å². The van der Waals surface area contributed by atoms with Gasteiger partial charge in [0.2, 0.25) is 15.9 Å². The number of amides is 1. The third-order valence-electron chi connectivity index (χ3n) is 3.90. The first kappa shape index (κ1) is 22.5. The second kappa shape index (κ2) is 8.70. The van der Waals surface area contributed by atoms with Crippen molar-refractivity contribution in [2.75, 3.05) is 33.1 Å². The Hall–Kier alpha value is -2.79. The molecule has 29 heavy (non-hydrogen) atoms. The van der Waals surface area contributed by atoms with E-state index in [2.05, 4.69) is 5.32 Å². The minimum Gasteiger partial charge on any atom is -0.493 e. The van der Waals surface area contributed by atoms with E-state index in [-0.39, 0.29) is 16.3 Å². The lowest BCUT2D eigenvalue weighted by atomic mass is 10.2. The highest BCUT2D eigenvalue weighted by atomic mass is 32.2. The number of hydrogen-bond acceptors (Lipinski definition) is 5. The van der Waals surface area contributed by atoms with E-state index in [1.54, 1.807) is 0 Å². The van der Waals surface area contributed by atoms with Crippen LogP contribution in [0.1, 0.15) is 5.56 Å². The van der Waals surface area contributed by atoms with Gasteiger partial charge in [-0.3, -0.25) is 4.79 Å². The molecule has 1 N–H and O–H groups in total. The van der Waals surface area contributed by atoms with Crippen molar-refractivity contribution in [1.29, 1.82) is 0 Å². The fourth-order valence-corrected chi connectivity index (χ4v) is 3.56. The fraction of sp³-hybridized carbons (Fsp3) is 0.278. The molecule has 0 aromatic heterocycles. The molecule has 0 unspecified atom stereocenters. The van der Waals surface area contributed by atoms with Gasteiger partial charge < -0.3 is 14.8 Å². The summed E-state index contributed by atoms with van der Waals surface area (Å²) >= 11 is 0. The number of carbonyl (C=O) groups is 1. The first-order chi connectivity index (χ1) is 13.5. The lowest BCUT2D eigenvalue weighted by Gasteiger charge is -2.18. The number of hydrogen-bond donors (Lipinski definition) is 1. The van der Waals surface area contributed by atoms with Gasteiger partial charge in [-0.15, -0.1) is 0 Å². The summed E-state index contributed by atoms with van der Waals surface area (Å²) in [4.78, 5) is 12.0. The number of rotatable bonds is 7. The molecule has 0 heterocycles. The molecular formula is C18H19F3N2O5S. The van der Waals surface area contributed by atoms with Crippen molar-refractivity contribution >= 4 is 21.6 Å². The Kier molecular flexibility index (Phi) is 6.75. The quantitative estimate of drug-likeness (QED) is 0.727. The molecule has 0 spiro atoms. The molecule has 0 bridgehead atoms. The molecule has 0 radical (unpaired) electrons. The fourth-order valence-electron chi connectivity index (χ4n) is 2.42. The number of nitrogens with zero attached hydrogens (tertiary/aromatic N) is 1. The van der Waals surface area contributed by atoms with Gasteiger partial charge in [0.1, 0.15) is 0 Å². The second-order valence-electron chi connectivity index (χ2n) is 5.90. The van der Waals surface area contributed by atoms with Gasteiger partial charge in [-0.05, 0) is 30.3 Å². The van der Waals surface area contributed by atoms with Crippen LogP contribution in [0.4, 0.5) is 18.9 Å². The molecule has 0 fully saturated rings. The van der Waals surface area contributed by atoms with Gasteiger partial charge in [0.25, 0.3) is 0 Å². The number of benzene rings is 2. The highest BCUT2D eigenvalue weighted by Crippen LogP contribution is 2.31. The zero-order chi connectivity index (χ0) is 21.8.